The Hall–Kier alpha value is -2.10. The van der Waals surface area contributed by atoms with Crippen molar-refractivity contribution >= 4 is 52.6 Å². The molecule has 7 nitrogen and oxygen atoms in total. The Balaban J connectivity index is 0.00000256. The van der Waals surface area contributed by atoms with Gasteiger partial charge in [-0.05, 0) is 38.0 Å². The van der Waals surface area contributed by atoms with Gasteiger partial charge in [0.2, 0.25) is 5.91 Å². The van der Waals surface area contributed by atoms with Gasteiger partial charge in [0.15, 0.2) is 5.96 Å². The zero-order chi connectivity index (χ0) is 20.1. The molecule has 2 aromatic rings. The molecule has 3 heterocycles. The van der Waals surface area contributed by atoms with Crippen LogP contribution >= 0.6 is 24.0 Å². The SMILES string of the molecule is CCNC(=NCCNc1ccc2ccccc2n1)N1CCCC2(CNC(=O)C2)C1.I. The van der Waals surface area contributed by atoms with Gasteiger partial charge in [-0.2, -0.15) is 0 Å². The quantitative estimate of drug-likeness (QED) is 0.244. The highest BCUT2D eigenvalue weighted by Crippen LogP contribution is 2.35. The summed E-state index contributed by atoms with van der Waals surface area (Å²) in [4.78, 5) is 23.6. The van der Waals surface area contributed by atoms with Crippen LogP contribution in [0.2, 0.25) is 0 Å². The number of likely N-dealkylation sites (tertiary alicyclic amines) is 1. The number of piperidine rings is 1. The number of hydrogen-bond donors (Lipinski definition) is 3. The molecule has 8 heteroatoms. The van der Waals surface area contributed by atoms with Crippen molar-refractivity contribution in [2.75, 3.05) is 44.6 Å². The first kappa shape index (κ1) is 22.6. The molecule has 2 aliphatic heterocycles. The average molecular weight is 522 g/mol. The van der Waals surface area contributed by atoms with E-state index in [0.717, 1.165) is 68.2 Å². The van der Waals surface area contributed by atoms with Crippen LogP contribution in [0, 0.1) is 5.41 Å². The number of para-hydroxylation sites is 1. The molecule has 0 bridgehead atoms. The van der Waals surface area contributed by atoms with Crippen LogP contribution in [0.15, 0.2) is 41.4 Å². The van der Waals surface area contributed by atoms with E-state index in [2.05, 4.69) is 44.9 Å². The first-order valence-corrected chi connectivity index (χ1v) is 10.6. The van der Waals surface area contributed by atoms with Crippen molar-refractivity contribution in [2.45, 2.75) is 26.2 Å². The average Bonchev–Trinajstić information content (AvgIpc) is 3.09. The van der Waals surface area contributed by atoms with Crippen molar-refractivity contribution < 1.29 is 4.79 Å². The number of carbonyl (C=O) groups is 1. The molecule has 0 radical (unpaired) electrons. The van der Waals surface area contributed by atoms with Crippen molar-refractivity contribution in [1.82, 2.24) is 20.5 Å². The lowest BCUT2D eigenvalue weighted by Gasteiger charge is -2.40. The number of nitrogens with one attached hydrogen (secondary N) is 3. The van der Waals surface area contributed by atoms with Crippen LogP contribution in [0.5, 0.6) is 0 Å². The van der Waals surface area contributed by atoms with E-state index < -0.39 is 0 Å². The molecule has 1 spiro atoms. The molecule has 1 aromatic heterocycles. The number of fused-ring (bicyclic) bond motifs is 1. The summed E-state index contributed by atoms with van der Waals surface area (Å²) in [5.74, 6) is 2.00. The van der Waals surface area contributed by atoms with Crippen molar-refractivity contribution in [2.24, 2.45) is 10.4 Å². The second-order valence-electron chi connectivity index (χ2n) is 8.03. The molecule has 3 N–H and O–H groups in total. The van der Waals surface area contributed by atoms with E-state index in [-0.39, 0.29) is 35.3 Å². The fourth-order valence-corrected chi connectivity index (χ4v) is 4.37. The number of amides is 1. The molecule has 1 unspecified atom stereocenters. The minimum atomic E-state index is 0. The minimum absolute atomic E-state index is 0. The van der Waals surface area contributed by atoms with Crippen molar-refractivity contribution in [3.05, 3.63) is 36.4 Å². The van der Waals surface area contributed by atoms with Gasteiger partial charge in [-0.1, -0.05) is 18.2 Å². The minimum Gasteiger partial charge on any atom is -0.368 e. The van der Waals surface area contributed by atoms with Crippen LogP contribution in [-0.4, -0.2) is 61.0 Å². The largest absolute Gasteiger partial charge is 0.368 e. The van der Waals surface area contributed by atoms with Crippen LogP contribution < -0.4 is 16.0 Å². The maximum absolute atomic E-state index is 11.8. The highest BCUT2D eigenvalue weighted by atomic mass is 127. The molecule has 2 aliphatic rings. The number of benzene rings is 1. The van der Waals surface area contributed by atoms with Crippen LogP contribution in [0.3, 0.4) is 0 Å². The van der Waals surface area contributed by atoms with Crippen LogP contribution in [0.1, 0.15) is 26.2 Å². The molecule has 4 rings (SSSR count). The Bertz CT molecular complexity index is 904. The third-order valence-electron chi connectivity index (χ3n) is 5.77. The summed E-state index contributed by atoms with van der Waals surface area (Å²) < 4.78 is 0. The zero-order valence-corrected chi connectivity index (χ0v) is 19.8. The van der Waals surface area contributed by atoms with Crippen LogP contribution in [0.25, 0.3) is 10.9 Å². The Morgan fingerprint density at radius 2 is 2.17 bits per heavy atom. The smallest absolute Gasteiger partial charge is 0.220 e. The highest BCUT2D eigenvalue weighted by molar-refractivity contribution is 14.0. The predicted molar refractivity (Wildman–Crippen MR) is 132 cm³/mol. The molecular weight excluding hydrogens is 491 g/mol. The Morgan fingerprint density at radius 3 is 2.97 bits per heavy atom. The second-order valence-corrected chi connectivity index (χ2v) is 8.03. The van der Waals surface area contributed by atoms with E-state index in [9.17, 15) is 4.79 Å². The molecule has 30 heavy (non-hydrogen) atoms. The Labute approximate surface area is 195 Å². The number of aliphatic imine (C=N–C) groups is 1. The van der Waals surface area contributed by atoms with Gasteiger partial charge in [0.05, 0.1) is 12.1 Å². The van der Waals surface area contributed by atoms with Gasteiger partial charge in [0.1, 0.15) is 5.82 Å². The lowest BCUT2D eigenvalue weighted by molar-refractivity contribution is -0.119. The third kappa shape index (κ3) is 5.33. The predicted octanol–water partition coefficient (Wildman–Crippen LogP) is 2.83. The van der Waals surface area contributed by atoms with Gasteiger partial charge in [0, 0.05) is 49.9 Å². The summed E-state index contributed by atoms with van der Waals surface area (Å²) in [6, 6.07) is 12.2. The standard InChI is InChI=1S/C22H30N6O.HI/c1-2-23-21(28-13-5-10-22(16-28)14-20(29)26-15-22)25-12-11-24-19-9-8-17-6-3-4-7-18(17)27-19;/h3-4,6-9H,2,5,10-16H2,1H3,(H,23,25)(H,24,27)(H,26,29);1H. The number of hydrogen-bond acceptors (Lipinski definition) is 4. The molecule has 1 atom stereocenters. The van der Waals surface area contributed by atoms with Crippen molar-refractivity contribution in [1.29, 1.82) is 0 Å². The first-order valence-electron chi connectivity index (χ1n) is 10.6. The number of guanidine groups is 1. The van der Waals surface area contributed by atoms with E-state index >= 15 is 0 Å². The number of carbonyl (C=O) groups excluding carboxylic acids is 1. The van der Waals surface area contributed by atoms with Gasteiger partial charge < -0.3 is 20.9 Å². The Morgan fingerprint density at radius 1 is 1.30 bits per heavy atom. The molecule has 1 amide bonds. The first-order chi connectivity index (χ1) is 14.2. The zero-order valence-electron chi connectivity index (χ0n) is 17.5. The molecule has 2 fully saturated rings. The summed E-state index contributed by atoms with van der Waals surface area (Å²) in [6.07, 6.45) is 2.84. The number of pyridine rings is 1. The molecule has 1 aromatic carbocycles. The van der Waals surface area contributed by atoms with Gasteiger partial charge in [-0.25, -0.2) is 4.98 Å². The Kier molecular flexibility index (Phi) is 7.74. The fraction of sp³-hybridized carbons (Fsp3) is 0.500. The van der Waals surface area contributed by atoms with E-state index in [1.807, 2.05) is 24.3 Å². The van der Waals surface area contributed by atoms with E-state index in [1.165, 1.54) is 0 Å². The highest BCUT2D eigenvalue weighted by Gasteiger charge is 2.42. The monoisotopic (exact) mass is 522 g/mol. The number of halogens is 1. The van der Waals surface area contributed by atoms with Crippen LogP contribution in [0.4, 0.5) is 5.82 Å². The fourth-order valence-electron chi connectivity index (χ4n) is 4.37. The van der Waals surface area contributed by atoms with Gasteiger partial charge >= 0.3 is 0 Å². The molecule has 0 saturated carbocycles. The van der Waals surface area contributed by atoms with E-state index in [1.54, 1.807) is 0 Å². The van der Waals surface area contributed by atoms with E-state index in [4.69, 9.17) is 4.99 Å². The van der Waals surface area contributed by atoms with Crippen molar-refractivity contribution in [3.63, 3.8) is 0 Å². The molecule has 162 valence electrons. The van der Waals surface area contributed by atoms with Gasteiger partial charge in [-0.3, -0.25) is 9.79 Å². The lowest BCUT2D eigenvalue weighted by Crippen LogP contribution is -2.51. The maximum atomic E-state index is 11.8. The summed E-state index contributed by atoms with van der Waals surface area (Å²) in [7, 11) is 0. The van der Waals surface area contributed by atoms with E-state index in [0.29, 0.717) is 13.0 Å². The molecule has 2 saturated heterocycles. The summed E-state index contributed by atoms with van der Waals surface area (Å²) in [5, 5.41) is 10.9. The summed E-state index contributed by atoms with van der Waals surface area (Å²) in [5.41, 5.74) is 1.06. The number of nitrogens with zero attached hydrogens (tertiary/aromatic N) is 3. The molecular formula is C22H31IN6O. The van der Waals surface area contributed by atoms with Crippen molar-refractivity contribution in [3.8, 4) is 0 Å². The third-order valence-corrected chi connectivity index (χ3v) is 5.77. The summed E-state index contributed by atoms with van der Waals surface area (Å²) >= 11 is 0. The second kappa shape index (κ2) is 10.3. The maximum Gasteiger partial charge on any atom is 0.220 e. The number of aromatic nitrogens is 1. The number of anilines is 1. The van der Waals surface area contributed by atoms with Gasteiger partial charge in [0.25, 0.3) is 0 Å². The van der Waals surface area contributed by atoms with Crippen LogP contribution in [-0.2, 0) is 4.79 Å². The summed E-state index contributed by atoms with van der Waals surface area (Å²) in [6.45, 7) is 6.97. The van der Waals surface area contributed by atoms with Gasteiger partial charge in [-0.15, -0.1) is 24.0 Å². The number of rotatable bonds is 5. The normalized spacial score (nSPS) is 21.4. The lowest BCUT2D eigenvalue weighted by atomic mass is 9.79. The topological polar surface area (TPSA) is 81.7 Å². The molecule has 0 aliphatic carbocycles.